The lowest BCUT2D eigenvalue weighted by Crippen LogP contribution is -2.31. The molecule has 0 saturated heterocycles. The van der Waals surface area contributed by atoms with Gasteiger partial charge in [-0.3, -0.25) is 9.13 Å². The molecule has 0 amide bonds. The molecule has 1 rings (SSSR count). The molecule has 174 valence electrons. The summed E-state index contributed by atoms with van der Waals surface area (Å²) >= 11 is 0. The molecule has 8 heteroatoms. The van der Waals surface area contributed by atoms with Gasteiger partial charge in [0.1, 0.15) is 0 Å². The maximum Gasteiger partial charge on any atom is 0.344 e. The van der Waals surface area contributed by atoms with E-state index in [9.17, 15) is 28.7 Å². The van der Waals surface area contributed by atoms with Crippen molar-refractivity contribution in [3.8, 4) is 0 Å². The van der Waals surface area contributed by atoms with E-state index in [2.05, 4.69) is 6.08 Å². The van der Waals surface area contributed by atoms with E-state index in [0.717, 1.165) is 24.0 Å². The monoisotopic (exact) mass is 470 g/mol. The standard InChI is InChI=1S/C23H36O6P2/c1-18(2)7-6-8-20(5)15-16-23(30(24,25)26,31(27,28)29)17-22-13-11-21(12-14-22)10-9-19(3)4/h7,9,11-15H,6,8,10,16-17H2,1-5H3,(H2,24,25,26)(H2,27,28,29)/b20-15+. The van der Waals surface area contributed by atoms with Crippen LogP contribution in [0.1, 0.15) is 65.0 Å². The normalized spacial score (nSPS) is 13.1. The molecule has 0 aromatic heterocycles. The van der Waals surface area contributed by atoms with Gasteiger partial charge < -0.3 is 19.6 Å². The van der Waals surface area contributed by atoms with Crippen LogP contribution in [0.15, 0.2) is 59.2 Å². The fourth-order valence-corrected chi connectivity index (χ4v) is 5.95. The van der Waals surface area contributed by atoms with Gasteiger partial charge in [0.15, 0.2) is 4.90 Å². The van der Waals surface area contributed by atoms with Crippen LogP contribution in [0.5, 0.6) is 0 Å². The second-order valence-electron chi connectivity index (χ2n) is 8.62. The highest BCUT2D eigenvalue weighted by atomic mass is 31.2. The summed E-state index contributed by atoms with van der Waals surface area (Å²) < 4.78 is 24.8. The third-order valence-electron chi connectivity index (χ3n) is 5.21. The molecule has 0 saturated carbocycles. The smallest absolute Gasteiger partial charge is 0.324 e. The number of hydrogen-bond acceptors (Lipinski definition) is 2. The van der Waals surface area contributed by atoms with Crippen molar-refractivity contribution < 1.29 is 28.7 Å². The Balaban J connectivity index is 3.23. The van der Waals surface area contributed by atoms with Crippen LogP contribution in [0.3, 0.4) is 0 Å². The Labute approximate surface area is 186 Å². The number of allylic oxidation sites excluding steroid dienone is 6. The highest BCUT2D eigenvalue weighted by molar-refractivity contribution is 7.72. The van der Waals surface area contributed by atoms with Crippen molar-refractivity contribution >= 4 is 15.2 Å². The molecule has 0 aliphatic carbocycles. The second-order valence-corrected chi connectivity index (χ2v) is 12.9. The molecule has 0 spiro atoms. The third-order valence-corrected chi connectivity index (χ3v) is 9.62. The van der Waals surface area contributed by atoms with Crippen LogP contribution in [0.25, 0.3) is 0 Å². The van der Waals surface area contributed by atoms with Gasteiger partial charge in [-0.2, -0.15) is 0 Å². The Bertz CT molecular complexity index is 886. The van der Waals surface area contributed by atoms with Crippen molar-refractivity contribution in [2.45, 2.75) is 71.6 Å². The summed E-state index contributed by atoms with van der Waals surface area (Å²) in [5.41, 5.74) is 4.67. The van der Waals surface area contributed by atoms with Gasteiger partial charge in [-0.05, 0) is 71.4 Å². The zero-order chi connectivity index (χ0) is 23.9. The van der Waals surface area contributed by atoms with Gasteiger partial charge in [0, 0.05) is 6.42 Å². The summed E-state index contributed by atoms with van der Waals surface area (Å²) in [6.07, 6.45) is 6.99. The zero-order valence-corrected chi connectivity index (χ0v) is 20.9. The summed E-state index contributed by atoms with van der Waals surface area (Å²) in [5.74, 6) is 0. The first-order chi connectivity index (χ1) is 14.2. The van der Waals surface area contributed by atoms with E-state index in [-0.39, 0.29) is 0 Å². The van der Waals surface area contributed by atoms with Crippen LogP contribution >= 0.6 is 15.2 Å². The molecular weight excluding hydrogens is 434 g/mol. The van der Waals surface area contributed by atoms with Crippen LogP contribution in [-0.2, 0) is 22.0 Å². The van der Waals surface area contributed by atoms with Gasteiger partial charge in [0.2, 0.25) is 0 Å². The molecule has 1 aromatic rings. The Morgan fingerprint density at radius 1 is 0.806 bits per heavy atom. The summed E-state index contributed by atoms with van der Waals surface area (Å²) in [6.45, 7) is 9.77. The van der Waals surface area contributed by atoms with Crippen molar-refractivity contribution in [3.63, 3.8) is 0 Å². The second kappa shape index (κ2) is 11.6. The average molecular weight is 470 g/mol. The van der Waals surface area contributed by atoms with Crippen LogP contribution in [0.2, 0.25) is 0 Å². The lowest BCUT2D eigenvalue weighted by molar-refractivity contribution is 0.305. The van der Waals surface area contributed by atoms with Crippen LogP contribution in [0.4, 0.5) is 0 Å². The predicted molar refractivity (Wildman–Crippen MR) is 127 cm³/mol. The lowest BCUT2D eigenvalue weighted by Gasteiger charge is -2.34. The minimum Gasteiger partial charge on any atom is -0.324 e. The predicted octanol–water partition coefficient (Wildman–Crippen LogP) is 5.87. The minimum absolute atomic E-state index is 0.401. The Kier molecular flexibility index (Phi) is 10.4. The van der Waals surface area contributed by atoms with Gasteiger partial charge >= 0.3 is 15.2 Å². The third kappa shape index (κ3) is 8.65. The molecule has 4 N–H and O–H groups in total. The van der Waals surface area contributed by atoms with Gasteiger partial charge in [-0.15, -0.1) is 0 Å². The van der Waals surface area contributed by atoms with Crippen molar-refractivity contribution in [1.82, 2.24) is 0 Å². The SMILES string of the molecule is CC(C)=CCC/C(C)=C/CC(Cc1ccc(CC=C(C)C)cc1)(P(=O)(O)O)P(=O)(O)O. The highest BCUT2D eigenvalue weighted by Crippen LogP contribution is 2.72. The first-order valence-corrected chi connectivity index (χ1v) is 13.5. The van der Waals surface area contributed by atoms with E-state index in [4.69, 9.17) is 0 Å². The van der Waals surface area contributed by atoms with Gasteiger partial charge in [0.05, 0.1) is 0 Å². The van der Waals surface area contributed by atoms with Crippen molar-refractivity contribution in [2.75, 3.05) is 0 Å². The summed E-state index contributed by atoms with van der Waals surface area (Å²) in [4.78, 5) is 37.7. The topological polar surface area (TPSA) is 115 Å². The molecule has 0 bridgehead atoms. The maximum absolute atomic E-state index is 12.4. The Hall–Kier alpha value is -1.26. The quantitative estimate of drug-likeness (QED) is 0.237. The number of hydrogen-bond donors (Lipinski definition) is 4. The summed E-state index contributed by atoms with van der Waals surface area (Å²) in [6, 6.07) is 7.00. The molecule has 31 heavy (non-hydrogen) atoms. The lowest BCUT2D eigenvalue weighted by atomic mass is 10.0. The highest BCUT2D eigenvalue weighted by Gasteiger charge is 2.59. The Morgan fingerprint density at radius 2 is 1.29 bits per heavy atom. The molecule has 0 fully saturated rings. The van der Waals surface area contributed by atoms with E-state index in [1.165, 1.54) is 11.1 Å². The molecule has 0 atom stereocenters. The van der Waals surface area contributed by atoms with Crippen molar-refractivity contribution in [1.29, 1.82) is 0 Å². The van der Waals surface area contributed by atoms with Gasteiger partial charge in [-0.25, -0.2) is 0 Å². The van der Waals surface area contributed by atoms with Crippen LogP contribution < -0.4 is 0 Å². The first kappa shape index (κ1) is 27.8. The first-order valence-electron chi connectivity index (χ1n) is 10.3. The molecule has 0 radical (unpaired) electrons. The Morgan fingerprint density at radius 3 is 1.74 bits per heavy atom. The van der Waals surface area contributed by atoms with Crippen molar-refractivity contribution in [2.24, 2.45) is 0 Å². The maximum atomic E-state index is 12.4. The fraction of sp³-hybridized carbons (Fsp3) is 0.478. The van der Waals surface area contributed by atoms with E-state index in [1.807, 2.05) is 45.9 Å². The number of benzene rings is 1. The molecule has 0 heterocycles. The van der Waals surface area contributed by atoms with E-state index >= 15 is 0 Å². The van der Waals surface area contributed by atoms with Gasteiger partial charge in [-0.1, -0.05) is 59.2 Å². The van der Waals surface area contributed by atoms with Gasteiger partial charge in [0.25, 0.3) is 0 Å². The van der Waals surface area contributed by atoms with Crippen LogP contribution in [0, 0.1) is 0 Å². The molecule has 0 unspecified atom stereocenters. The zero-order valence-electron chi connectivity index (χ0n) is 19.1. The van der Waals surface area contributed by atoms with Crippen molar-refractivity contribution in [3.05, 3.63) is 70.3 Å². The minimum atomic E-state index is -5.16. The summed E-state index contributed by atoms with van der Waals surface area (Å²) in [5, 5.41) is 0. The van der Waals surface area contributed by atoms with E-state index < -0.39 is 32.9 Å². The fourth-order valence-electron chi connectivity index (χ4n) is 3.16. The van der Waals surface area contributed by atoms with E-state index in [0.29, 0.717) is 12.0 Å². The molecule has 1 aromatic carbocycles. The number of rotatable bonds is 11. The van der Waals surface area contributed by atoms with Crippen LogP contribution in [-0.4, -0.2) is 24.5 Å². The molecule has 0 aliphatic heterocycles. The van der Waals surface area contributed by atoms with E-state index in [1.54, 1.807) is 25.1 Å². The molecular formula is C23H36O6P2. The molecule has 0 aliphatic rings. The molecule has 6 nitrogen and oxygen atoms in total. The summed E-state index contributed by atoms with van der Waals surface area (Å²) in [7, 11) is -10.3. The average Bonchev–Trinajstić information content (AvgIpc) is 2.62. The largest absolute Gasteiger partial charge is 0.344 e.